The Kier molecular flexibility index (Phi) is 6.50. The highest BCUT2D eigenvalue weighted by molar-refractivity contribution is 7.99. The molecule has 0 saturated heterocycles. The number of rotatable bonds is 6. The maximum absolute atomic E-state index is 13.1. The average molecular weight is 412 g/mol. The molecule has 1 aromatic heterocycles. The first-order valence-corrected chi connectivity index (χ1v) is 9.91. The molecule has 0 atom stereocenters. The lowest BCUT2D eigenvalue weighted by atomic mass is 10.2. The molecular formula is C20H20N4O4S. The second-order valence-electron chi connectivity index (χ2n) is 6.00. The summed E-state index contributed by atoms with van der Waals surface area (Å²) in [5.41, 5.74) is 5.45. The summed E-state index contributed by atoms with van der Waals surface area (Å²) >= 11 is 1.10. The van der Waals surface area contributed by atoms with Crippen molar-refractivity contribution in [3.05, 3.63) is 58.9 Å². The van der Waals surface area contributed by atoms with Crippen molar-refractivity contribution in [1.29, 1.82) is 0 Å². The minimum absolute atomic E-state index is 0.0257. The van der Waals surface area contributed by atoms with Gasteiger partial charge in [0.05, 0.1) is 29.0 Å². The highest BCUT2D eigenvalue weighted by Gasteiger charge is 2.15. The topological polar surface area (TPSA) is 102 Å². The normalized spacial score (nSPS) is 10.6. The molecule has 9 heteroatoms. The second-order valence-corrected chi connectivity index (χ2v) is 6.94. The van der Waals surface area contributed by atoms with Crippen molar-refractivity contribution in [3.63, 3.8) is 0 Å². The van der Waals surface area contributed by atoms with E-state index in [4.69, 9.17) is 4.74 Å². The van der Waals surface area contributed by atoms with Crippen LogP contribution in [0.5, 0.6) is 5.75 Å². The lowest BCUT2D eigenvalue weighted by Gasteiger charge is -2.14. The van der Waals surface area contributed by atoms with E-state index in [-0.39, 0.29) is 17.2 Å². The van der Waals surface area contributed by atoms with Crippen LogP contribution in [0.25, 0.3) is 16.6 Å². The Morgan fingerprint density at radius 3 is 2.52 bits per heavy atom. The Labute approximate surface area is 171 Å². The average Bonchev–Trinajstić information content (AvgIpc) is 2.72. The number of ether oxygens (including phenoxy) is 1. The molecule has 0 radical (unpaired) electrons. The lowest BCUT2D eigenvalue weighted by molar-refractivity contribution is -0.126. The van der Waals surface area contributed by atoms with E-state index in [1.165, 1.54) is 11.5 Å². The summed E-state index contributed by atoms with van der Waals surface area (Å²) in [7, 11) is 0. The zero-order valence-corrected chi connectivity index (χ0v) is 16.8. The largest absolute Gasteiger partial charge is 0.494 e. The summed E-state index contributed by atoms with van der Waals surface area (Å²) in [5.74, 6) is -0.117. The molecule has 3 aromatic rings. The molecule has 0 spiro atoms. The van der Waals surface area contributed by atoms with Crippen LogP contribution in [0.15, 0.2) is 58.5 Å². The smallest absolute Gasteiger partial charge is 0.266 e. The molecule has 2 N–H and O–H groups in total. The zero-order chi connectivity index (χ0) is 20.8. The van der Waals surface area contributed by atoms with Crippen LogP contribution in [0.3, 0.4) is 0 Å². The van der Waals surface area contributed by atoms with Crippen LogP contribution < -0.4 is 21.1 Å². The van der Waals surface area contributed by atoms with Gasteiger partial charge in [0.15, 0.2) is 5.16 Å². The summed E-state index contributed by atoms with van der Waals surface area (Å²) in [6, 6.07) is 14.1. The molecule has 0 unspecified atom stereocenters. The van der Waals surface area contributed by atoms with Gasteiger partial charge in [-0.15, -0.1) is 0 Å². The maximum atomic E-state index is 13.1. The number of para-hydroxylation sites is 1. The highest BCUT2D eigenvalue weighted by atomic mass is 32.2. The van der Waals surface area contributed by atoms with Gasteiger partial charge in [0.1, 0.15) is 5.75 Å². The fourth-order valence-electron chi connectivity index (χ4n) is 2.62. The number of amides is 2. The minimum Gasteiger partial charge on any atom is -0.494 e. The number of hydrogen-bond donors (Lipinski definition) is 2. The van der Waals surface area contributed by atoms with Gasteiger partial charge in [0, 0.05) is 6.92 Å². The fourth-order valence-corrected chi connectivity index (χ4v) is 3.43. The van der Waals surface area contributed by atoms with E-state index in [9.17, 15) is 14.4 Å². The molecule has 3 rings (SSSR count). The number of benzene rings is 2. The van der Waals surface area contributed by atoms with Crippen LogP contribution in [-0.4, -0.2) is 33.7 Å². The maximum Gasteiger partial charge on any atom is 0.266 e. The number of fused-ring (bicyclic) bond motifs is 1. The quantitative estimate of drug-likeness (QED) is 0.365. The van der Waals surface area contributed by atoms with Crippen LogP contribution in [0.4, 0.5) is 0 Å². The molecule has 1 heterocycles. The summed E-state index contributed by atoms with van der Waals surface area (Å²) in [6.07, 6.45) is 0. The van der Waals surface area contributed by atoms with Gasteiger partial charge >= 0.3 is 0 Å². The van der Waals surface area contributed by atoms with Crippen molar-refractivity contribution in [2.24, 2.45) is 0 Å². The third kappa shape index (κ3) is 4.94. The molecule has 29 heavy (non-hydrogen) atoms. The van der Waals surface area contributed by atoms with Crippen LogP contribution in [0, 0.1) is 0 Å². The molecule has 0 aliphatic carbocycles. The Balaban J connectivity index is 1.98. The van der Waals surface area contributed by atoms with Gasteiger partial charge in [0.25, 0.3) is 5.56 Å². The van der Waals surface area contributed by atoms with Crippen molar-refractivity contribution in [2.75, 3.05) is 12.4 Å². The molecular weight excluding hydrogens is 392 g/mol. The monoisotopic (exact) mass is 412 g/mol. The van der Waals surface area contributed by atoms with Gasteiger partial charge in [-0.3, -0.25) is 29.8 Å². The number of thioether (sulfide) groups is 1. The van der Waals surface area contributed by atoms with E-state index in [0.717, 1.165) is 11.8 Å². The molecule has 2 aromatic carbocycles. The van der Waals surface area contributed by atoms with Crippen LogP contribution in [-0.2, 0) is 9.59 Å². The number of aromatic nitrogens is 2. The molecule has 2 amide bonds. The molecule has 0 aliphatic rings. The standard InChI is InChI=1S/C20H20N4O4S/c1-3-28-15-10-8-14(9-11-15)24-19(27)16-6-4-5-7-17(16)21-20(24)29-12-18(26)23-22-13(2)25/h4-11H,3,12H2,1-2H3,(H,22,25)(H,23,26). The van der Waals surface area contributed by atoms with Gasteiger partial charge in [-0.05, 0) is 43.3 Å². The van der Waals surface area contributed by atoms with Gasteiger partial charge in [0.2, 0.25) is 11.8 Å². The Hall–Kier alpha value is -3.33. The molecule has 8 nitrogen and oxygen atoms in total. The van der Waals surface area contributed by atoms with Crippen LogP contribution in [0.1, 0.15) is 13.8 Å². The number of carbonyl (C=O) groups is 2. The van der Waals surface area contributed by atoms with E-state index >= 15 is 0 Å². The van der Waals surface area contributed by atoms with Gasteiger partial charge in [-0.2, -0.15) is 0 Å². The number of hydrogen-bond acceptors (Lipinski definition) is 6. The summed E-state index contributed by atoms with van der Waals surface area (Å²) in [6.45, 7) is 3.73. The van der Waals surface area contributed by atoms with Crippen molar-refractivity contribution in [1.82, 2.24) is 20.4 Å². The van der Waals surface area contributed by atoms with Crippen LogP contribution in [0.2, 0.25) is 0 Å². The van der Waals surface area contributed by atoms with Crippen molar-refractivity contribution in [3.8, 4) is 11.4 Å². The van der Waals surface area contributed by atoms with E-state index < -0.39 is 5.91 Å². The Morgan fingerprint density at radius 2 is 1.83 bits per heavy atom. The first kappa shape index (κ1) is 20.4. The lowest BCUT2D eigenvalue weighted by Crippen LogP contribution is -2.41. The number of nitrogens with one attached hydrogen (secondary N) is 2. The summed E-state index contributed by atoms with van der Waals surface area (Å²) in [5, 5.41) is 0.851. The second kappa shape index (κ2) is 9.24. The first-order chi connectivity index (χ1) is 14.0. The van der Waals surface area contributed by atoms with E-state index in [0.29, 0.717) is 34.1 Å². The zero-order valence-electron chi connectivity index (χ0n) is 16.0. The first-order valence-electron chi connectivity index (χ1n) is 8.93. The Morgan fingerprint density at radius 1 is 1.10 bits per heavy atom. The molecule has 0 saturated carbocycles. The third-order valence-corrected chi connectivity index (χ3v) is 4.80. The highest BCUT2D eigenvalue weighted by Crippen LogP contribution is 2.22. The van der Waals surface area contributed by atoms with Crippen molar-refractivity contribution in [2.45, 2.75) is 19.0 Å². The molecule has 0 aliphatic heterocycles. The summed E-state index contributed by atoms with van der Waals surface area (Å²) < 4.78 is 6.92. The minimum atomic E-state index is -0.411. The predicted molar refractivity (Wildman–Crippen MR) is 111 cm³/mol. The van der Waals surface area contributed by atoms with E-state index in [1.807, 2.05) is 6.92 Å². The van der Waals surface area contributed by atoms with Crippen LogP contribution >= 0.6 is 11.8 Å². The molecule has 0 fully saturated rings. The fraction of sp³-hybridized carbons (Fsp3) is 0.200. The molecule has 150 valence electrons. The third-order valence-electron chi connectivity index (χ3n) is 3.86. The SMILES string of the molecule is CCOc1ccc(-n2c(SCC(=O)NNC(C)=O)nc3ccccc3c2=O)cc1. The van der Waals surface area contributed by atoms with Gasteiger partial charge in [-0.1, -0.05) is 23.9 Å². The van der Waals surface area contributed by atoms with Crippen molar-refractivity contribution >= 4 is 34.5 Å². The van der Waals surface area contributed by atoms with E-state index in [2.05, 4.69) is 15.8 Å². The number of nitrogens with zero attached hydrogens (tertiary/aromatic N) is 2. The van der Waals surface area contributed by atoms with Crippen molar-refractivity contribution < 1.29 is 14.3 Å². The van der Waals surface area contributed by atoms with E-state index in [1.54, 1.807) is 48.5 Å². The Bertz CT molecular complexity index is 1100. The van der Waals surface area contributed by atoms with Gasteiger partial charge < -0.3 is 4.74 Å². The number of carbonyl (C=O) groups excluding carboxylic acids is 2. The summed E-state index contributed by atoms with van der Waals surface area (Å²) in [4.78, 5) is 40.6. The number of hydrazine groups is 1. The van der Waals surface area contributed by atoms with Gasteiger partial charge in [-0.25, -0.2) is 4.98 Å². The molecule has 0 bridgehead atoms. The predicted octanol–water partition coefficient (Wildman–Crippen LogP) is 2.04.